The van der Waals surface area contributed by atoms with Crippen LogP contribution in [-0.4, -0.2) is 32.1 Å². The maximum Gasteiger partial charge on any atom is 0.336 e. The van der Waals surface area contributed by atoms with Crippen LogP contribution in [0.5, 0.6) is 0 Å². The highest BCUT2D eigenvalue weighted by Gasteiger charge is 2.42. The number of nitrogens with one attached hydrogen (secondary N) is 1. The zero-order valence-electron chi connectivity index (χ0n) is 15.4. The molecule has 1 aliphatic heterocycles. The normalized spacial score (nSPS) is 14.6. The molecule has 0 aromatic heterocycles. The van der Waals surface area contributed by atoms with Gasteiger partial charge in [0, 0.05) is 16.4 Å². The monoisotopic (exact) mass is 393 g/mol. The van der Waals surface area contributed by atoms with E-state index in [-0.39, 0.29) is 17.8 Å². The predicted molar refractivity (Wildman–Crippen MR) is 97.3 cm³/mol. The third-order valence-electron chi connectivity index (χ3n) is 4.08. The Morgan fingerprint density at radius 1 is 1.04 bits per heavy atom. The van der Waals surface area contributed by atoms with E-state index in [1.807, 2.05) is 0 Å². The zero-order valence-corrected chi connectivity index (χ0v) is 16.2. The number of hydrogen-bond donors (Lipinski definition) is 1. The summed E-state index contributed by atoms with van der Waals surface area (Å²) in [6.45, 7) is 3.16. The fourth-order valence-corrected chi connectivity index (χ4v) is 3.07. The number of ether oxygens (including phenoxy) is 3. The molecule has 0 bridgehead atoms. The van der Waals surface area contributed by atoms with Crippen molar-refractivity contribution in [1.29, 1.82) is 0 Å². The first-order chi connectivity index (χ1) is 12.8. The van der Waals surface area contributed by atoms with Crippen molar-refractivity contribution in [2.45, 2.75) is 20.5 Å². The molecule has 1 aromatic rings. The fraction of sp³-hybridized carbons (Fsp3) is 0.316. The molecule has 0 aliphatic carbocycles. The van der Waals surface area contributed by atoms with Gasteiger partial charge in [-0.05, 0) is 31.5 Å². The molecular weight excluding hydrogens is 374 g/mol. The van der Waals surface area contributed by atoms with Crippen molar-refractivity contribution in [3.8, 4) is 0 Å². The first-order valence-corrected chi connectivity index (χ1v) is 8.44. The van der Waals surface area contributed by atoms with Crippen LogP contribution in [0.15, 0.2) is 46.8 Å². The van der Waals surface area contributed by atoms with Crippen LogP contribution in [0.3, 0.4) is 0 Å². The Morgan fingerprint density at radius 2 is 1.59 bits per heavy atom. The first-order valence-electron chi connectivity index (χ1n) is 8.06. The number of dihydropyridines is 1. The van der Waals surface area contributed by atoms with Crippen molar-refractivity contribution in [3.05, 3.63) is 57.4 Å². The van der Waals surface area contributed by atoms with Gasteiger partial charge in [-0.15, -0.1) is 0 Å². The molecule has 0 saturated carbocycles. The van der Waals surface area contributed by atoms with Gasteiger partial charge in [0.1, 0.15) is 12.5 Å². The second-order valence-corrected chi connectivity index (χ2v) is 6.29. The van der Waals surface area contributed by atoms with Crippen LogP contribution in [-0.2, 0) is 35.2 Å². The van der Waals surface area contributed by atoms with Crippen LogP contribution in [0.25, 0.3) is 0 Å². The van der Waals surface area contributed by atoms with E-state index < -0.39 is 23.8 Å². The van der Waals surface area contributed by atoms with E-state index in [1.54, 1.807) is 38.1 Å². The largest absolute Gasteiger partial charge is 0.466 e. The summed E-state index contributed by atoms with van der Waals surface area (Å²) in [7, 11) is 2.39. The van der Waals surface area contributed by atoms with E-state index in [0.717, 1.165) is 0 Å². The zero-order chi connectivity index (χ0) is 20.1. The summed E-state index contributed by atoms with van der Waals surface area (Å²) < 4.78 is 14.9. The number of carbonyl (C=O) groups excluding carboxylic acids is 3. The molecule has 27 heavy (non-hydrogen) atoms. The summed E-state index contributed by atoms with van der Waals surface area (Å²) in [5.41, 5.74) is 1.47. The second-order valence-electron chi connectivity index (χ2n) is 5.86. The molecule has 144 valence electrons. The molecule has 1 aromatic carbocycles. The lowest BCUT2D eigenvalue weighted by Crippen LogP contribution is -2.37. The summed E-state index contributed by atoms with van der Waals surface area (Å²) in [6.07, 6.45) is 0. The lowest BCUT2D eigenvalue weighted by Gasteiger charge is -2.28. The number of rotatable bonds is 5. The van der Waals surface area contributed by atoms with Crippen LogP contribution in [0.4, 0.5) is 0 Å². The van der Waals surface area contributed by atoms with E-state index in [2.05, 4.69) is 5.32 Å². The second kappa shape index (κ2) is 8.73. The van der Waals surface area contributed by atoms with Crippen LogP contribution in [0.2, 0.25) is 5.02 Å². The van der Waals surface area contributed by atoms with Crippen LogP contribution in [0.1, 0.15) is 19.4 Å². The van der Waals surface area contributed by atoms with E-state index in [0.29, 0.717) is 22.0 Å². The van der Waals surface area contributed by atoms with Crippen molar-refractivity contribution in [3.63, 3.8) is 0 Å². The van der Waals surface area contributed by atoms with Crippen molar-refractivity contribution in [2.75, 3.05) is 14.2 Å². The molecule has 1 heterocycles. The Hall–Kier alpha value is -2.80. The molecular formula is C19H20ClNO6. The highest BCUT2D eigenvalue weighted by atomic mass is 35.5. The summed E-state index contributed by atoms with van der Waals surface area (Å²) >= 11 is 5.93. The van der Waals surface area contributed by atoms with Crippen LogP contribution in [0, 0.1) is 5.92 Å². The molecule has 0 atom stereocenters. The maximum atomic E-state index is 12.8. The van der Waals surface area contributed by atoms with Crippen molar-refractivity contribution >= 4 is 29.5 Å². The lowest BCUT2D eigenvalue weighted by atomic mass is 9.85. The van der Waals surface area contributed by atoms with E-state index in [1.165, 1.54) is 14.2 Å². The van der Waals surface area contributed by atoms with Gasteiger partial charge in [0.2, 0.25) is 0 Å². The van der Waals surface area contributed by atoms with Gasteiger partial charge in [-0.25, -0.2) is 9.59 Å². The molecule has 8 heteroatoms. The molecule has 0 radical (unpaired) electrons. The molecule has 1 N–H and O–H groups in total. The quantitative estimate of drug-likeness (QED) is 0.607. The molecule has 0 amide bonds. The van der Waals surface area contributed by atoms with Gasteiger partial charge in [-0.3, -0.25) is 4.79 Å². The molecule has 2 rings (SSSR count). The SMILES string of the molecule is COC(=O)C1=C(C)NC(C)=C(C(=O)OC)C1C(=O)OCc1cccc(Cl)c1. The molecule has 0 saturated heterocycles. The summed E-state index contributed by atoms with van der Waals surface area (Å²) in [5.74, 6) is -3.50. The summed E-state index contributed by atoms with van der Waals surface area (Å²) in [6, 6.07) is 6.82. The minimum absolute atomic E-state index is 0.000376. The van der Waals surface area contributed by atoms with Crippen LogP contribution < -0.4 is 5.32 Å². The van der Waals surface area contributed by atoms with Crippen molar-refractivity contribution in [2.24, 2.45) is 5.92 Å². The number of benzene rings is 1. The standard InChI is InChI=1S/C19H20ClNO6/c1-10-14(17(22)25-3)16(15(11(2)21-10)18(23)26-4)19(24)27-9-12-6-5-7-13(20)8-12/h5-8,16,21H,9H2,1-4H3. The number of hydrogen-bond acceptors (Lipinski definition) is 7. The van der Waals surface area contributed by atoms with Gasteiger partial charge in [-0.1, -0.05) is 23.7 Å². The number of esters is 3. The molecule has 0 spiro atoms. The predicted octanol–water partition coefficient (Wildman–Crippen LogP) is 2.50. The van der Waals surface area contributed by atoms with Gasteiger partial charge in [0.05, 0.1) is 25.4 Å². The first kappa shape index (κ1) is 20.5. The minimum atomic E-state index is -1.26. The Labute approximate surface area is 161 Å². The summed E-state index contributed by atoms with van der Waals surface area (Å²) in [4.78, 5) is 37.4. The number of halogens is 1. The highest BCUT2D eigenvalue weighted by molar-refractivity contribution is 6.30. The Morgan fingerprint density at radius 3 is 2.07 bits per heavy atom. The number of allylic oxidation sites excluding steroid dienone is 2. The van der Waals surface area contributed by atoms with Crippen molar-refractivity contribution < 1.29 is 28.6 Å². The average Bonchev–Trinajstić information content (AvgIpc) is 2.64. The molecule has 0 unspecified atom stereocenters. The van der Waals surface area contributed by atoms with Gasteiger partial charge in [0.25, 0.3) is 0 Å². The van der Waals surface area contributed by atoms with Crippen molar-refractivity contribution in [1.82, 2.24) is 5.32 Å². The minimum Gasteiger partial charge on any atom is -0.466 e. The van der Waals surface area contributed by atoms with Gasteiger partial charge in [-0.2, -0.15) is 0 Å². The van der Waals surface area contributed by atoms with Gasteiger partial charge < -0.3 is 19.5 Å². The molecule has 7 nitrogen and oxygen atoms in total. The third kappa shape index (κ3) is 4.49. The average molecular weight is 394 g/mol. The summed E-state index contributed by atoms with van der Waals surface area (Å²) in [5, 5.41) is 3.41. The highest BCUT2D eigenvalue weighted by Crippen LogP contribution is 2.32. The Balaban J connectivity index is 2.37. The van der Waals surface area contributed by atoms with Gasteiger partial charge >= 0.3 is 17.9 Å². The molecule has 1 aliphatic rings. The lowest BCUT2D eigenvalue weighted by molar-refractivity contribution is -0.152. The smallest absolute Gasteiger partial charge is 0.336 e. The molecule has 0 fully saturated rings. The van der Waals surface area contributed by atoms with E-state index in [4.69, 9.17) is 25.8 Å². The van der Waals surface area contributed by atoms with E-state index >= 15 is 0 Å². The topological polar surface area (TPSA) is 90.9 Å². The number of carbonyl (C=O) groups is 3. The number of methoxy groups -OCH3 is 2. The maximum absolute atomic E-state index is 12.8. The Kier molecular flexibility index (Phi) is 6.63. The fourth-order valence-electron chi connectivity index (χ4n) is 2.86. The third-order valence-corrected chi connectivity index (χ3v) is 4.31. The Bertz CT molecular complexity index is 804. The van der Waals surface area contributed by atoms with E-state index in [9.17, 15) is 14.4 Å². The van der Waals surface area contributed by atoms with Gasteiger partial charge in [0.15, 0.2) is 0 Å². The van der Waals surface area contributed by atoms with Crippen LogP contribution >= 0.6 is 11.6 Å².